The van der Waals surface area contributed by atoms with Crippen molar-refractivity contribution in [2.24, 2.45) is 0 Å². The van der Waals surface area contributed by atoms with Gasteiger partial charge in [0.2, 0.25) is 0 Å². The van der Waals surface area contributed by atoms with E-state index in [1.165, 1.54) is 19.3 Å². The van der Waals surface area contributed by atoms with E-state index in [-0.39, 0.29) is 6.10 Å². The quantitative estimate of drug-likeness (QED) is 0.922. The van der Waals surface area contributed by atoms with E-state index in [1.54, 1.807) is 0 Å². The van der Waals surface area contributed by atoms with Crippen LogP contribution in [0.25, 0.3) is 0 Å². The van der Waals surface area contributed by atoms with E-state index in [4.69, 9.17) is 0 Å². The smallest absolute Gasteiger partial charge is 0.0917 e. The molecule has 1 atom stereocenters. The van der Waals surface area contributed by atoms with Gasteiger partial charge in [-0.2, -0.15) is 0 Å². The third-order valence-electron chi connectivity index (χ3n) is 3.11. The van der Waals surface area contributed by atoms with E-state index >= 15 is 0 Å². The summed E-state index contributed by atoms with van der Waals surface area (Å²) in [6.07, 6.45) is 3.51. The third-order valence-corrected chi connectivity index (χ3v) is 3.61. The molecule has 16 heavy (non-hydrogen) atoms. The van der Waals surface area contributed by atoms with Crippen LogP contribution in [0.5, 0.6) is 0 Å². The predicted molar refractivity (Wildman–Crippen MR) is 69.4 cm³/mol. The van der Waals surface area contributed by atoms with Crippen LogP contribution in [0.4, 0.5) is 0 Å². The molecule has 2 nitrogen and oxygen atoms in total. The van der Waals surface area contributed by atoms with Crippen LogP contribution in [0.2, 0.25) is 0 Å². The second-order valence-corrected chi connectivity index (χ2v) is 5.35. The Morgan fingerprint density at radius 1 is 1.25 bits per heavy atom. The first-order valence-corrected chi connectivity index (χ1v) is 6.71. The van der Waals surface area contributed by atoms with Gasteiger partial charge in [0.15, 0.2) is 0 Å². The highest BCUT2D eigenvalue weighted by atomic mass is 79.9. The monoisotopic (exact) mass is 283 g/mol. The molecule has 3 heteroatoms. The highest BCUT2D eigenvalue weighted by Crippen LogP contribution is 2.20. The minimum atomic E-state index is -0.365. The van der Waals surface area contributed by atoms with E-state index in [0.717, 1.165) is 29.7 Å². The van der Waals surface area contributed by atoms with Gasteiger partial charge in [0.05, 0.1) is 6.10 Å². The summed E-state index contributed by atoms with van der Waals surface area (Å²) in [5, 5.41) is 10.1. The van der Waals surface area contributed by atoms with Gasteiger partial charge in [-0.15, -0.1) is 0 Å². The summed E-state index contributed by atoms with van der Waals surface area (Å²) < 4.78 is 1.03. The Bertz CT molecular complexity index is 336. The van der Waals surface area contributed by atoms with Crippen LogP contribution >= 0.6 is 15.9 Å². The van der Waals surface area contributed by atoms with Gasteiger partial charge in [-0.05, 0) is 43.6 Å². The van der Waals surface area contributed by atoms with Crippen LogP contribution in [0.3, 0.4) is 0 Å². The van der Waals surface area contributed by atoms with E-state index in [9.17, 15) is 5.11 Å². The molecular weight excluding hydrogens is 266 g/mol. The SMILES string of the molecule is OC(CN1CCCCC1)c1cccc(Br)c1. The average Bonchev–Trinajstić information content (AvgIpc) is 2.30. The lowest BCUT2D eigenvalue weighted by Gasteiger charge is -2.28. The first-order chi connectivity index (χ1) is 7.75. The van der Waals surface area contributed by atoms with Crippen LogP contribution in [-0.4, -0.2) is 29.6 Å². The fourth-order valence-corrected chi connectivity index (χ4v) is 2.62. The standard InChI is InChI=1S/C13H18BrNO/c14-12-6-4-5-11(9-12)13(16)10-15-7-2-1-3-8-15/h4-6,9,13,16H,1-3,7-8,10H2. The molecule has 0 bridgehead atoms. The molecule has 0 amide bonds. The molecule has 1 fully saturated rings. The molecule has 1 aromatic carbocycles. The van der Waals surface area contributed by atoms with E-state index < -0.39 is 0 Å². The average molecular weight is 284 g/mol. The minimum absolute atomic E-state index is 0.365. The zero-order valence-electron chi connectivity index (χ0n) is 9.40. The Morgan fingerprint density at radius 3 is 2.69 bits per heavy atom. The molecule has 1 unspecified atom stereocenters. The van der Waals surface area contributed by atoms with Gasteiger partial charge in [0.25, 0.3) is 0 Å². The molecule has 0 aliphatic carbocycles. The fourth-order valence-electron chi connectivity index (χ4n) is 2.21. The van der Waals surface area contributed by atoms with E-state index in [1.807, 2.05) is 24.3 Å². The number of aliphatic hydroxyl groups excluding tert-OH is 1. The zero-order chi connectivity index (χ0) is 11.4. The Hall–Kier alpha value is -0.380. The maximum absolute atomic E-state index is 10.1. The van der Waals surface area contributed by atoms with Gasteiger partial charge in [-0.3, -0.25) is 0 Å². The molecule has 0 spiro atoms. The van der Waals surface area contributed by atoms with Crippen molar-refractivity contribution in [3.05, 3.63) is 34.3 Å². The molecule has 0 saturated carbocycles. The maximum atomic E-state index is 10.1. The van der Waals surface area contributed by atoms with Crippen LogP contribution in [0.1, 0.15) is 30.9 Å². The van der Waals surface area contributed by atoms with Crippen molar-refractivity contribution < 1.29 is 5.11 Å². The Kier molecular flexibility index (Phi) is 4.38. The van der Waals surface area contributed by atoms with Gasteiger partial charge in [0.1, 0.15) is 0 Å². The van der Waals surface area contributed by atoms with Crippen LogP contribution in [0.15, 0.2) is 28.7 Å². The molecule has 1 heterocycles. The summed E-state index contributed by atoms with van der Waals surface area (Å²) >= 11 is 3.43. The first kappa shape index (κ1) is 12.1. The van der Waals surface area contributed by atoms with Crippen molar-refractivity contribution in [3.8, 4) is 0 Å². The summed E-state index contributed by atoms with van der Waals surface area (Å²) in [5.74, 6) is 0. The summed E-state index contributed by atoms with van der Waals surface area (Å²) in [6.45, 7) is 3.02. The van der Waals surface area contributed by atoms with Crippen molar-refractivity contribution in [2.45, 2.75) is 25.4 Å². The topological polar surface area (TPSA) is 23.5 Å². The van der Waals surface area contributed by atoms with Crippen LogP contribution < -0.4 is 0 Å². The number of aliphatic hydroxyl groups is 1. The second-order valence-electron chi connectivity index (χ2n) is 4.43. The largest absolute Gasteiger partial charge is 0.387 e. The molecule has 2 rings (SSSR count). The number of benzene rings is 1. The summed E-state index contributed by atoms with van der Waals surface area (Å²) in [4.78, 5) is 2.36. The highest BCUT2D eigenvalue weighted by Gasteiger charge is 2.15. The molecule has 0 aromatic heterocycles. The number of hydrogen-bond acceptors (Lipinski definition) is 2. The van der Waals surface area contributed by atoms with Gasteiger partial charge in [-0.1, -0.05) is 34.5 Å². The third kappa shape index (κ3) is 3.30. The Balaban J connectivity index is 1.94. The number of hydrogen-bond donors (Lipinski definition) is 1. The minimum Gasteiger partial charge on any atom is -0.387 e. The number of halogens is 1. The first-order valence-electron chi connectivity index (χ1n) is 5.91. The lowest BCUT2D eigenvalue weighted by Crippen LogP contribution is -2.33. The van der Waals surface area contributed by atoms with Gasteiger partial charge in [-0.25, -0.2) is 0 Å². The number of rotatable bonds is 3. The lowest BCUT2D eigenvalue weighted by molar-refractivity contribution is 0.101. The van der Waals surface area contributed by atoms with Crippen molar-refractivity contribution in [1.82, 2.24) is 4.90 Å². The molecule has 1 aliphatic rings. The highest BCUT2D eigenvalue weighted by molar-refractivity contribution is 9.10. The number of nitrogens with zero attached hydrogens (tertiary/aromatic N) is 1. The Morgan fingerprint density at radius 2 is 2.00 bits per heavy atom. The summed E-state index contributed by atoms with van der Waals surface area (Å²) in [7, 11) is 0. The summed E-state index contributed by atoms with van der Waals surface area (Å²) in [6, 6.07) is 7.93. The molecule has 1 N–H and O–H groups in total. The van der Waals surface area contributed by atoms with Gasteiger partial charge < -0.3 is 10.0 Å². The van der Waals surface area contributed by atoms with E-state index in [0.29, 0.717) is 0 Å². The number of piperidine rings is 1. The number of likely N-dealkylation sites (tertiary alicyclic amines) is 1. The van der Waals surface area contributed by atoms with Crippen molar-refractivity contribution >= 4 is 15.9 Å². The predicted octanol–water partition coefficient (Wildman–Crippen LogP) is 2.97. The van der Waals surface area contributed by atoms with Crippen molar-refractivity contribution in [3.63, 3.8) is 0 Å². The zero-order valence-corrected chi connectivity index (χ0v) is 11.0. The van der Waals surface area contributed by atoms with Gasteiger partial charge >= 0.3 is 0 Å². The van der Waals surface area contributed by atoms with Crippen molar-refractivity contribution in [1.29, 1.82) is 0 Å². The van der Waals surface area contributed by atoms with Crippen molar-refractivity contribution in [2.75, 3.05) is 19.6 Å². The molecule has 88 valence electrons. The maximum Gasteiger partial charge on any atom is 0.0917 e. The normalized spacial score (nSPS) is 19.6. The van der Waals surface area contributed by atoms with Gasteiger partial charge in [0, 0.05) is 11.0 Å². The summed E-state index contributed by atoms with van der Waals surface area (Å²) in [5.41, 5.74) is 1.000. The molecule has 0 radical (unpaired) electrons. The molecular formula is C13H18BrNO. The Labute approximate surface area is 105 Å². The molecule has 1 aliphatic heterocycles. The van der Waals surface area contributed by atoms with Crippen LogP contribution in [0, 0.1) is 0 Å². The number of β-amino-alcohol motifs (C(OH)–C–C–N with tert-alkyl or cyclic N) is 1. The molecule has 1 saturated heterocycles. The fraction of sp³-hybridized carbons (Fsp3) is 0.538. The second kappa shape index (κ2) is 5.80. The van der Waals surface area contributed by atoms with E-state index in [2.05, 4.69) is 20.8 Å². The van der Waals surface area contributed by atoms with Crippen LogP contribution in [-0.2, 0) is 0 Å². The molecule has 1 aromatic rings. The lowest BCUT2D eigenvalue weighted by atomic mass is 10.1.